The number of hydrogen-bond acceptors (Lipinski definition) is 4. The van der Waals surface area contributed by atoms with E-state index in [-0.39, 0.29) is 17.6 Å². The molecule has 1 aliphatic rings. The summed E-state index contributed by atoms with van der Waals surface area (Å²) in [6.07, 6.45) is 4.86. The van der Waals surface area contributed by atoms with Gasteiger partial charge < -0.3 is 4.52 Å². The van der Waals surface area contributed by atoms with E-state index in [9.17, 15) is 4.79 Å². The van der Waals surface area contributed by atoms with Crippen molar-refractivity contribution in [2.24, 2.45) is 10.8 Å². The Bertz CT molecular complexity index is 473. The molecule has 0 aliphatic heterocycles. The lowest BCUT2D eigenvalue weighted by molar-refractivity contribution is -0.125. The molecule has 1 saturated carbocycles. The summed E-state index contributed by atoms with van der Waals surface area (Å²) in [5.41, 5.74) is 0.0781. The van der Waals surface area contributed by atoms with E-state index in [0.717, 1.165) is 18.7 Å². The van der Waals surface area contributed by atoms with Gasteiger partial charge in [-0.25, -0.2) is 0 Å². The van der Waals surface area contributed by atoms with Gasteiger partial charge in [0.15, 0.2) is 5.82 Å². The van der Waals surface area contributed by atoms with Crippen LogP contribution < -0.4 is 0 Å². The highest BCUT2D eigenvalue weighted by Gasteiger charge is 2.30. The van der Waals surface area contributed by atoms with Crippen molar-refractivity contribution < 1.29 is 9.32 Å². The number of aromatic nitrogens is 2. The molecule has 4 nitrogen and oxygen atoms in total. The van der Waals surface area contributed by atoms with Crippen molar-refractivity contribution in [3.05, 3.63) is 11.7 Å². The van der Waals surface area contributed by atoms with Crippen molar-refractivity contribution in [1.29, 1.82) is 0 Å². The predicted molar refractivity (Wildman–Crippen MR) is 77.5 cm³/mol. The minimum absolute atomic E-state index is 0.137. The molecule has 0 unspecified atom stereocenters. The first-order valence-corrected chi connectivity index (χ1v) is 7.53. The Morgan fingerprint density at radius 3 is 2.45 bits per heavy atom. The van der Waals surface area contributed by atoms with E-state index in [1.807, 2.05) is 20.8 Å². The molecule has 0 bridgehead atoms. The van der Waals surface area contributed by atoms with Crippen LogP contribution in [0, 0.1) is 10.8 Å². The quantitative estimate of drug-likeness (QED) is 0.841. The molecule has 1 fully saturated rings. The topological polar surface area (TPSA) is 56.0 Å². The fraction of sp³-hybridized carbons (Fsp3) is 0.812. The zero-order valence-corrected chi connectivity index (χ0v) is 13.3. The van der Waals surface area contributed by atoms with Gasteiger partial charge in [-0.2, -0.15) is 4.98 Å². The molecule has 1 aliphatic carbocycles. The van der Waals surface area contributed by atoms with Crippen LogP contribution >= 0.6 is 0 Å². The van der Waals surface area contributed by atoms with Crippen LogP contribution in [0.3, 0.4) is 0 Å². The van der Waals surface area contributed by atoms with Crippen molar-refractivity contribution in [2.45, 2.75) is 72.6 Å². The van der Waals surface area contributed by atoms with E-state index in [1.165, 1.54) is 12.8 Å². The minimum atomic E-state index is -0.358. The smallest absolute Gasteiger partial charge is 0.234 e. The Kier molecular flexibility index (Phi) is 4.03. The molecule has 0 spiro atoms. The van der Waals surface area contributed by atoms with E-state index >= 15 is 0 Å². The molecule has 0 N–H and O–H groups in total. The predicted octanol–water partition coefficient (Wildman–Crippen LogP) is 3.91. The molecule has 0 amide bonds. The maximum Gasteiger partial charge on any atom is 0.234 e. The average Bonchev–Trinajstić information content (AvgIpc) is 2.76. The number of hydrogen-bond donors (Lipinski definition) is 0. The van der Waals surface area contributed by atoms with Crippen LogP contribution in [0.1, 0.15) is 77.9 Å². The third kappa shape index (κ3) is 3.68. The molecule has 1 aromatic heterocycles. The van der Waals surface area contributed by atoms with E-state index in [2.05, 4.69) is 24.0 Å². The third-order valence-electron chi connectivity index (χ3n) is 4.34. The molecule has 0 atom stereocenters. The monoisotopic (exact) mass is 278 g/mol. The van der Waals surface area contributed by atoms with Gasteiger partial charge in [-0.05, 0) is 31.1 Å². The van der Waals surface area contributed by atoms with Gasteiger partial charge >= 0.3 is 0 Å². The summed E-state index contributed by atoms with van der Waals surface area (Å²) in [6.45, 7) is 10.4. The Balaban J connectivity index is 1.98. The summed E-state index contributed by atoms with van der Waals surface area (Å²) < 4.78 is 5.25. The second-order valence-corrected chi connectivity index (χ2v) is 7.83. The molecular weight excluding hydrogens is 252 g/mol. The van der Waals surface area contributed by atoms with Gasteiger partial charge in [0.05, 0.1) is 6.42 Å². The fourth-order valence-corrected chi connectivity index (χ4v) is 2.57. The van der Waals surface area contributed by atoms with Crippen molar-refractivity contribution >= 4 is 5.78 Å². The summed E-state index contributed by atoms with van der Waals surface area (Å²) in [6, 6.07) is 0. The van der Waals surface area contributed by atoms with Crippen molar-refractivity contribution in [1.82, 2.24) is 10.1 Å². The largest absolute Gasteiger partial charge is 0.339 e. The molecule has 0 saturated heterocycles. The number of ketones is 1. The van der Waals surface area contributed by atoms with E-state index < -0.39 is 0 Å². The van der Waals surface area contributed by atoms with E-state index in [4.69, 9.17) is 4.52 Å². The standard InChI is InChI=1S/C16H26N2O2/c1-15(2,3)12(19)10-13-17-14(18-20-13)11-6-8-16(4,5)9-7-11/h11H,6-10H2,1-5H3. The number of rotatable bonds is 3. The number of Topliss-reactive ketones (excluding diaryl/α,β-unsaturated/α-hetero) is 1. The number of carbonyl (C=O) groups excluding carboxylic acids is 1. The Morgan fingerprint density at radius 1 is 1.30 bits per heavy atom. The summed E-state index contributed by atoms with van der Waals surface area (Å²) >= 11 is 0. The first-order chi connectivity index (χ1) is 9.17. The highest BCUT2D eigenvalue weighted by molar-refractivity contribution is 5.84. The second kappa shape index (κ2) is 5.30. The lowest BCUT2D eigenvalue weighted by Gasteiger charge is -2.32. The van der Waals surface area contributed by atoms with Gasteiger partial charge in [-0.1, -0.05) is 39.8 Å². The van der Waals surface area contributed by atoms with Crippen molar-refractivity contribution in [3.8, 4) is 0 Å². The Morgan fingerprint density at radius 2 is 1.90 bits per heavy atom. The Hall–Kier alpha value is -1.19. The van der Waals surface area contributed by atoms with Gasteiger partial charge in [0.2, 0.25) is 5.89 Å². The first-order valence-electron chi connectivity index (χ1n) is 7.53. The highest BCUT2D eigenvalue weighted by atomic mass is 16.5. The lowest BCUT2D eigenvalue weighted by Crippen LogP contribution is -2.22. The van der Waals surface area contributed by atoms with E-state index in [1.54, 1.807) is 0 Å². The summed E-state index contributed by atoms with van der Waals surface area (Å²) in [5, 5.41) is 4.08. The van der Waals surface area contributed by atoms with E-state index in [0.29, 0.717) is 17.2 Å². The van der Waals surface area contributed by atoms with Crippen LogP contribution in [0.5, 0.6) is 0 Å². The maximum atomic E-state index is 12.0. The van der Waals surface area contributed by atoms with Crippen molar-refractivity contribution in [3.63, 3.8) is 0 Å². The fourth-order valence-electron chi connectivity index (χ4n) is 2.57. The minimum Gasteiger partial charge on any atom is -0.339 e. The lowest BCUT2D eigenvalue weighted by atomic mass is 9.73. The zero-order valence-electron chi connectivity index (χ0n) is 13.3. The van der Waals surface area contributed by atoms with Crippen LogP contribution in [0.15, 0.2) is 4.52 Å². The molecule has 0 aromatic carbocycles. The number of carbonyl (C=O) groups is 1. The van der Waals surface area contributed by atoms with Gasteiger partial charge in [0, 0.05) is 11.3 Å². The van der Waals surface area contributed by atoms with Crippen LogP contribution in [-0.4, -0.2) is 15.9 Å². The normalized spacial score (nSPS) is 20.1. The molecule has 2 rings (SSSR count). The highest BCUT2D eigenvalue weighted by Crippen LogP contribution is 2.41. The SMILES string of the molecule is CC1(C)CCC(c2noc(CC(=O)C(C)(C)C)n2)CC1. The number of nitrogens with zero attached hydrogens (tertiary/aromatic N) is 2. The molecule has 4 heteroatoms. The molecule has 1 aromatic rings. The maximum absolute atomic E-state index is 12.0. The second-order valence-electron chi connectivity index (χ2n) is 7.83. The molecular formula is C16H26N2O2. The summed E-state index contributed by atoms with van der Waals surface area (Å²) in [7, 11) is 0. The van der Waals surface area contributed by atoms with Crippen LogP contribution in [0.25, 0.3) is 0 Å². The summed E-state index contributed by atoms with van der Waals surface area (Å²) in [4.78, 5) is 16.4. The van der Waals surface area contributed by atoms with Crippen molar-refractivity contribution in [2.75, 3.05) is 0 Å². The molecule has 112 valence electrons. The molecule has 1 heterocycles. The third-order valence-corrected chi connectivity index (χ3v) is 4.34. The molecule has 20 heavy (non-hydrogen) atoms. The average molecular weight is 278 g/mol. The van der Waals surface area contributed by atoms with Gasteiger partial charge in [-0.3, -0.25) is 4.79 Å². The summed E-state index contributed by atoms with van der Waals surface area (Å²) in [5.74, 6) is 1.78. The van der Waals surface area contributed by atoms with Crippen LogP contribution in [-0.2, 0) is 11.2 Å². The van der Waals surface area contributed by atoms with Gasteiger partial charge in [0.25, 0.3) is 0 Å². The zero-order chi connectivity index (χ0) is 15.0. The molecule has 0 radical (unpaired) electrons. The van der Waals surface area contributed by atoms with Gasteiger partial charge in [0.1, 0.15) is 5.78 Å². The first kappa shape index (κ1) is 15.2. The Labute approximate surface area is 121 Å². The van der Waals surface area contributed by atoms with Crippen LogP contribution in [0.2, 0.25) is 0 Å². The van der Waals surface area contributed by atoms with Gasteiger partial charge in [-0.15, -0.1) is 0 Å². The van der Waals surface area contributed by atoms with Crippen LogP contribution in [0.4, 0.5) is 0 Å².